The van der Waals surface area contributed by atoms with Gasteiger partial charge < -0.3 is 9.47 Å². The summed E-state index contributed by atoms with van der Waals surface area (Å²) in [4.78, 5) is 31.4. The molecule has 0 aliphatic rings. The van der Waals surface area contributed by atoms with Crippen molar-refractivity contribution in [2.45, 2.75) is 19.5 Å². The lowest BCUT2D eigenvalue weighted by molar-refractivity contribution is 0.312. The first-order valence-electron chi connectivity index (χ1n) is 8.71. The predicted octanol–water partition coefficient (Wildman–Crippen LogP) is 0.827. The summed E-state index contributed by atoms with van der Waals surface area (Å²) in [5, 5.41) is 8.98. The van der Waals surface area contributed by atoms with Crippen LogP contribution in [-0.2, 0) is 27.2 Å². The van der Waals surface area contributed by atoms with Crippen molar-refractivity contribution in [3.05, 3.63) is 62.6 Å². The smallest absolute Gasteiger partial charge is 0.328 e. The monoisotopic (exact) mass is 366 g/mol. The summed E-state index contributed by atoms with van der Waals surface area (Å²) in [6.07, 6.45) is 2.20. The van der Waals surface area contributed by atoms with Crippen molar-refractivity contribution in [3.63, 3.8) is 0 Å². The van der Waals surface area contributed by atoms with Gasteiger partial charge in [-0.2, -0.15) is 5.26 Å². The third-order valence-electron chi connectivity index (χ3n) is 4.63. The van der Waals surface area contributed by atoms with E-state index in [0.29, 0.717) is 36.2 Å². The van der Waals surface area contributed by atoms with Gasteiger partial charge in [0.2, 0.25) is 0 Å². The molecule has 0 bridgehead atoms. The lowest BCUT2D eigenvalue weighted by Crippen LogP contribution is -2.40. The van der Waals surface area contributed by atoms with Gasteiger partial charge in [-0.15, -0.1) is 0 Å². The lowest BCUT2D eigenvalue weighted by Gasteiger charge is -2.17. The van der Waals surface area contributed by atoms with Gasteiger partial charge in [0.15, 0.2) is 11.2 Å². The van der Waals surface area contributed by atoms with Gasteiger partial charge in [0, 0.05) is 27.2 Å². The fourth-order valence-corrected chi connectivity index (χ4v) is 3.22. The molecule has 0 amide bonds. The maximum Gasteiger partial charge on any atom is 0.332 e. The first kappa shape index (κ1) is 18.6. The molecule has 0 spiro atoms. The molecule has 3 rings (SSSR count). The van der Waals surface area contributed by atoms with Crippen LogP contribution in [0, 0.1) is 11.3 Å². The highest BCUT2D eigenvalue weighted by molar-refractivity contribution is 5.69. The molecule has 27 heavy (non-hydrogen) atoms. The second kappa shape index (κ2) is 7.60. The van der Waals surface area contributed by atoms with Crippen LogP contribution >= 0.6 is 0 Å². The third kappa shape index (κ3) is 3.68. The van der Waals surface area contributed by atoms with Crippen LogP contribution in [0.2, 0.25) is 0 Å². The predicted molar refractivity (Wildman–Crippen MR) is 102 cm³/mol. The standard InChI is InChI=1S/C19H22N6O2/c1-22(12-15-7-4-6-14(10-15)11-20)8-5-9-25-18(26)16-17(21-13-23(16)2)24(3)19(25)27/h4,6-7,10,13H,5,8-9,12H2,1-3H3. The van der Waals surface area contributed by atoms with E-state index in [1.54, 1.807) is 31.1 Å². The molecule has 2 heterocycles. The molecule has 8 nitrogen and oxygen atoms in total. The molecule has 0 saturated carbocycles. The van der Waals surface area contributed by atoms with Crippen molar-refractivity contribution >= 4 is 11.2 Å². The van der Waals surface area contributed by atoms with Crippen LogP contribution in [0.5, 0.6) is 0 Å². The van der Waals surface area contributed by atoms with Gasteiger partial charge in [-0.25, -0.2) is 9.78 Å². The topological polar surface area (TPSA) is 88.8 Å². The SMILES string of the molecule is CN(CCCn1c(=O)c2c(ncn2C)n(C)c1=O)Cc1cccc(C#N)c1. The van der Waals surface area contributed by atoms with Gasteiger partial charge >= 0.3 is 5.69 Å². The van der Waals surface area contributed by atoms with Crippen LogP contribution in [0.1, 0.15) is 17.5 Å². The molecule has 0 N–H and O–H groups in total. The molecule has 0 atom stereocenters. The quantitative estimate of drug-likeness (QED) is 0.645. The minimum Gasteiger partial charge on any atom is -0.328 e. The average molecular weight is 366 g/mol. The Bertz CT molecular complexity index is 1130. The molecule has 140 valence electrons. The molecule has 0 aliphatic heterocycles. The van der Waals surface area contributed by atoms with Crippen LogP contribution in [-0.4, -0.2) is 37.2 Å². The fraction of sp³-hybridized carbons (Fsp3) is 0.368. The van der Waals surface area contributed by atoms with Crippen molar-refractivity contribution in [1.29, 1.82) is 5.26 Å². The number of hydrogen-bond donors (Lipinski definition) is 0. The van der Waals surface area contributed by atoms with E-state index in [0.717, 1.165) is 12.1 Å². The van der Waals surface area contributed by atoms with Crippen molar-refractivity contribution in [3.8, 4) is 6.07 Å². The first-order chi connectivity index (χ1) is 12.9. The summed E-state index contributed by atoms with van der Waals surface area (Å²) in [6, 6.07) is 9.63. The molecule has 0 saturated heterocycles. The van der Waals surface area contributed by atoms with Gasteiger partial charge in [-0.1, -0.05) is 12.1 Å². The van der Waals surface area contributed by atoms with E-state index >= 15 is 0 Å². The van der Waals surface area contributed by atoms with Gasteiger partial charge in [-0.05, 0) is 37.7 Å². The number of imidazole rings is 1. The molecular weight excluding hydrogens is 344 g/mol. The third-order valence-corrected chi connectivity index (χ3v) is 4.63. The lowest BCUT2D eigenvalue weighted by atomic mass is 10.1. The second-order valence-electron chi connectivity index (χ2n) is 6.73. The van der Waals surface area contributed by atoms with Crippen molar-refractivity contribution < 1.29 is 0 Å². The number of nitriles is 1. The maximum absolute atomic E-state index is 12.7. The number of benzene rings is 1. The Hall–Kier alpha value is -3.18. The largest absolute Gasteiger partial charge is 0.332 e. The summed E-state index contributed by atoms with van der Waals surface area (Å²) in [5.41, 5.74) is 1.87. The minimum absolute atomic E-state index is 0.308. The minimum atomic E-state index is -0.351. The molecule has 8 heteroatoms. The van der Waals surface area contributed by atoms with Crippen LogP contribution in [0.15, 0.2) is 40.2 Å². The van der Waals surface area contributed by atoms with E-state index in [9.17, 15) is 9.59 Å². The molecule has 3 aromatic rings. The summed E-state index contributed by atoms with van der Waals surface area (Å²) in [5.74, 6) is 0. The van der Waals surface area contributed by atoms with Crippen LogP contribution < -0.4 is 11.2 Å². The average Bonchev–Trinajstić information content (AvgIpc) is 3.04. The molecule has 0 aliphatic carbocycles. The highest BCUT2D eigenvalue weighted by Crippen LogP contribution is 2.07. The summed E-state index contributed by atoms with van der Waals surface area (Å²) >= 11 is 0. The summed E-state index contributed by atoms with van der Waals surface area (Å²) in [6.45, 7) is 1.76. The van der Waals surface area contributed by atoms with E-state index < -0.39 is 0 Å². The molecule has 0 radical (unpaired) electrons. The van der Waals surface area contributed by atoms with Crippen LogP contribution in [0.3, 0.4) is 0 Å². The zero-order valence-electron chi connectivity index (χ0n) is 15.7. The Morgan fingerprint density at radius 1 is 1.26 bits per heavy atom. The number of rotatable bonds is 6. The van der Waals surface area contributed by atoms with E-state index in [-0.39, 0.29) is 11.2 Å². The van der Waals surface area contributed by atoms with Crippen molar-refractivity contribution in [1.82, 2.24) is 23.6 Å². The summed E-state index contributed by atoms with van der Waals surface area (Å²) < 4.78 is 4.32. The van der Waals surface area contributed by atoms with E-state index in [2.05, 4.69) is 16.0 Å². The van der Waals surface area contributed by atoms with Crippen LogP contribution in [0.25, 0.3) is 11.2 Å². The molecular formula is C19H22N6O2. The number of aryl methyl sites for hydroxylation is 2. The number of hydrogen-bond acceptors (Lipinski definition) is 5. The molecule has 0 fully saturated rings. The highest BCUT2D eigenvalue weighted by atomic mass is 16.2. The Morgan fingerprint density at radius 2 is 2.04 bits per heavy atom. The normalized spacial score (nSPS) is 11.2. The summed E-state index contributed by atoms with van der Waals surface area (Å²) in [7, 11) is 5.35. The van der Waals surface area contributed by atoms with Gasteiger partial charge in [0.1, 0.15) is 0 Å². The van der Waals surface area contributed by atoms with Gasteiger partial charge in [0.05, 0.1) is 18.0 Å². The first-order valence-corrected chi connectivity index (χ1v) is 8.71. The zero-order valence-corrected chi connectivity index (χ0v) is 15.7. The van der Waals surface area contributed by atoms with Crippen molar-refractivity contribution in [2.24, 2.45) is 14.1 Å². The number of nitrogens with zero attached hydrogens (tertiary/aromatic N) is 6. The van der Waals surface area contributed by atoms with Gasteiger partial charge in [0.25, 0.3) is 5.56 Å². The second-order valence-corrected chi connectivity index (χ2v) is 6.73. The van der Waals surface area contributed by atoms with E-state index in [1.165, 1.54) is 9.13 Å². The molecule has 1 aromatic carbocycles. The Labute approximate surface area is 156 Å². The zero-order chi connectivity index (χ0) is 19.6. The molecule has 2 aromatic heterocycles. The molecule has 0 unspecified atom stereocenters. The Morgan fingerprint density at radius 3 is 2.78 bits per heavy atom. The fourth-order valence-electron chi connectivity index (χ4n) is 3.22. The Balaban J connectivity index is 1.70. The van der Waals surface area contributed by atoms with Crippen LogP contribution in [0.4, 0.5) is 0 Å². The van der Waals surface area contributed by atoms with E-state index in [1.807, 2.05) is 25.2 Å². The Kier molecular flexibility index (Phi) is 5.23. The maximum atomic E-state index is 12.7. The number of fused-ring (bicyclic) bond motifs is 1. The highest BCUT2D eigenvalue weighted by Gasteiger charge is 2.14. The van der Waals surface area contributed by atoms with E-state index in [4.69, 9.17) is 5.26 Å². The van der Waals surface area contributed by atoms with Crippen molar-refractivity contribution in [2.75, 3.05) is 13.6 Å². The number of aromatic nitrogens is 4. The van der Waals surface area contributed by atoms with Gasteiger partial charge in [-0.3, -0.25) is 13.9 Å².